The van der Waals surface area contributed by atoms with Gasteiger partial charge in [-0.25, -0.2) is 0 Å². The van der Waals surface area contributed by atoms with Crippen LogP contribution < -0.4 is 9.47 Å². The maximum atomic E-state index is 6.97. The molecule has 5 heteroatoms. The number of allylic oxidation sites excluding steroid dienone is 1. The van der Waals surface area contributed by atoms with Crippen LogP contribution in [-0.2, 0) is 20.6 Å². The fraction of sp³-hybridized carbons (Fsp3) is 0.724. The molecule has 4 aliphatic rings. The zero-order valence-electron chi connectivity index (χ0n) is 22.3. The minimum atomic E-state index is -0.682. The van der Waals surface area contributed by atoms with Gasteiger partial charge in [0.2, 0.25) is 5.79 Å². The van der Waals surface area contributed by atoms with Crippen molar-refractivity contribution in [3.63, 3.8) is 0 Å². The third kappa shape index (κ3) is 3.41. The first-order valence-electron chi connectivity index (χ1n) is 12.9. The minimum Gasteiger partial charge on any atom is -0.497 e. The highest BCUT2D eigenvalue weighted by Crippen LogP contribution is 2.67. The van der Waals surface area contributed by atoms with E-state index >= 15 is 0 Å². The molecule has 0 bridgehead atoms. The van der Waals surface area contributed by atoms with Gasteiger partial charge in [-0.2, -0.15) is 0 Å². The molecule has 0 N–H and O–H groups in total. The molecule has 1 aromatic carbocycles. The zero-order valence-corrected chi connectivity index (χ0v) is 22.3. The second-order valence-electron chi connectivity index (χ2n) is 12.4. The van der Waals surface area contributed by atoms with Gasteiger partial charge in [0.25, 0.3) is 0 Å². The summed E-state index contributed by atoms with van der Waals surface area (Å²) < 4.78 is 31.9. The molecule has 1 unspecified atom stereocenters. The van der Waals surface area contributed by atoms with Crippen molar-refractivity contribution in [2.75, 3.05) is 14.2 Å². The van der Waals surface area contributed by atoms with Gasteiger partial charge < -0.3 is 23.7 Å². The Hall–Kier alpha value is -1.72. The Morgan fingerprint density at radius 3 is 2.44 bits per heavy atom. The van der Waals surface area contributed by atoms with Crippen LogP contribution in [0.2, 0.25) is 0 Å². The van der Waals surface area contributed by atoms with Crippen molar-refractivity contribution in [1.82, 2.24) is 0 Å². The summed E-state index contributed by atoms with van der Waals surface area (Å²) >= 11 is 0. The van der Waals surface area contributed by atoms with E-state index in [-0.39, 0.29) is 22.5 Å². The highest BCUT2D eigenvalue weighted by molar-refractivity contribution is 5.48. The standard InChI is InChI=1S/C29H42O5/c1-19-14-21(30-7)15-20-10-13-27(5,33-24(19)20)17-22-16-26(4)11-9-12-28(26,6)29(32-22)18-23(31-8)25(2,3)34-29/h14-16,23H,9-13,17-18H2,1-8H3/t23-,26+,27?,28+,29+/m1/s1. The van der Waals surface area contributed by atoms with Crippen molar-refractivity contribution in [2.45, 2.75) is 110 Å². The summed E-state index contributed by atoms with van der Waals surface area (Å²) in [6.45, 7) is 13.4. The van der Waals surface area contributed by atoms with E-state index in [1.165, 1.54) is 12.0 Å². The first kappa shape index (κ1) is 24.0. The molecule has 188 valence electrons. The number of rotatable bonds is 4. The van der Waals surface area contributed by atoms with Crippen molar-refractivity contribution in [3.05, 3.63) is 35.1 Å². The second kappa shape index (κ2) is 7.64. The normalized spacial score (nSPS) is 40.2. The molecule has 1 saturated carbocycles. The van der Waals surface area contributed by atoms with E-state index < -0.39 is 11.4 Å². The van der Waals surface area contributed by atoms with Crippen LogP contribution in [0.1, 0.15) is 84.3 Å². The molecule has 1 saturated heterocycles. The summed E-state index contributed by atoms with van der Waals surface area (Å²) in [5.74, 6) is 2.21. The molecule has 0 radical (unpaired) electrons. The maximum Gasteiger partial charge on any atom is 0.219 e. The third-order valence-electron chi connectivity index (χ3n) is 9.57. The van der Waals surface area contributed by atoms with Gasteiger partial charge >= 0.3 is 0 Å². The van der Waals surface area contributed by atoms with Crippen LogP contribution >= 0.6 is 0 Å². The Morgan fingerprint density at radius 1 is 1.00 bits per heavy atom. The first-order chi connectivity index (χ1) is 15.9. The van der Waals surface area contributed by atoms with Crippen LogP contribution in [0.3, 0.4) is 0 Å². The smallest absolute Gasteiger partial charge is 0.219 e. The molecule has 3 aliphatic heterocycles. The van der Waals surface area contributed by atoms with Crippen LogP contribution in [0.15, 0.2) is 24.0 Å². The maximum absolute atomic E-state index is 6.97. The van der Waals surface area contributed by atoms with Gasteiger partial charge in [0, 0.05) is 30.8 Å². The van der Waals surface area contributed by atoms with Gasteiger partial charge in [0.1, 0.15) is 22.9 Å². The molecule has 1 aliphatic carbocycles. The van der Waals surface area contributed by atoms with Gasteiger partial charge in [-0.1, -0.05) is 20.3 Å². The van der Waals surface area contributed by atoms with E-state index in [0.717, 1.165) is 61.3 Å². The molecule has 0 amide bonds. The van der Waals surface area contributed by atoms with Crippen LogP contribution in [0.4, 0.5) is 0 Å². The number of hydrogen-bond acceptors (Lipinski definition) is 5. The lowest BCUT2D eigenvalue weighted by molar-refractivity contribution is -0.311. The SMILES string of the molecule is COc1cc(C)c2c(c1)CCC(C)(CC1=C[C@]3(C)CCC[C@]3(C)[C@@]3(C[C@@H](OC)C(C)(C)O3)O1)O2. The van der Waals surface area contributed by atoms with Crippen LogP contribution in [-0.4, -0.2) is 37.3 Å². The average molecular weight is 471 g/mol. The number of aryl methyl sites for hydroxylation is 2. The lowest BCUT2D eigenvalue weighted by Gasteiger charge is -2.55. The van der Waals surface area contributed by atoms with Crippen molar-refractivity contribution >= 4 is 0 Å². The molecule has 5 atom stereocenters. The highest BCUT2D eigenvalue weighted by atomic mass is 16.7. The lowest BCUT2D eigenvalue weighted by Crippen LogP contribution is -2.57. The van der Waals surface area contributed by atoms with Gasteiger partial charge in [-0.15, -0.1) is 0 Å². The molecule has 34 heavy (non-hydrogen) atoms. The largest absolute Gasteiger partial charge is 0.497 e. The fourth-order valence-corrected chi connectivity index (χ4v) is 7.26. The van der Waals surface area contributed by atoms with E-state index in [1.54, 1.807) is 14.2 Å². The number of fused-ring (bicyclic) bond motifs is 3. The minimum absolute atomic E-state index is 0.000417. The Labute approximate surface area is 205 Å². The molecule has 1 spiro atoms. The zero-order chi connectivity index (χ0) is 24.6. The van der Waals surface area contributed by atoms with Crippen LogP contribution in [0.25, 0.3) is 0 Å². The molecule has 0 aromatic heterocycles. The van der Waals surface area contributed by atoms with Gasteiger partial charge in [-0.3, -0.25) is 0 Å². The van der Waals surface area contributed by atoms with Crippen LogP contribution in [0, 0.1) is 17.8 Å². The van der Waals surface area contributed by atoms with Crippen molar-refractivity contribution in [1.29, 1.82) is 0 Å². The Balaban J connectivity index is 1.47. The average Bonchev–Trinajstić information content (AvgIpc) is 3.21. The van der Waals surface area contributed by atoms with Crippen molar-refractivity contribution < 1.29 is 23.7 Å². The van der Waals surface area contributed by atoms with E-state index in [0.29, 0.717) is 0 Å². The number of methoxy groups -OCH3 is 2. The highest BCUT2D eigenvalue weighted by Gasteiger charge is 2.70. The molecule has 2 fully saturated rings. The summed E-state index contributed by atoms with van der Waals surface area (Å²) in [5, 5.41) is 0. The molecule has 1 aromatic rings. The molecular weight excluding hydrogens is 428 g/mol. The summed E-state index contributed by atoms with van der Waals surface area (Å²) in [6.07, 6.45) is 9.22. The van der Waals surface area contributed by atoms with Gasteiger partial charge in [0.15, 0.2) is 0 Å². The summed E-state index contributed by atoms with van der Waals surface area (Å²) in [7, 11) is 3.51. The topological polar surface area (TPSA) is 46.2 Å². The Kier molecular flexibility index (Phi) is 5.39. The quantitative estimate of drug-likeness (QED) is 0.503. The van der Waals surface area contributed by atoms with E-state index in [2.05, 4.69) is 59.8 Å². The van der Waals surface area contributed by atoms with E-state index in [1.807, 2.05) is 0 Å². The second-order valence-corrected chi connectivity index (χ2v) is 12.4. The van der Waals surface area contributed by atoms with Crippen molar-refractivity contribution in [2.24, 2.45) is 10.8 Å². The molecule has 3 heterocycles. The predicted molar refractivity (Wildman–Crippen MR) is 132 cm³/mol. The summed E-state index contributed by atoms with van der Waals surface area (Å²) in [4.78, 5) is 0. The Bertz CT molecular complexity index is 1010. The van der Waals surface area contributed by atoms with Gasteiger partial charge in [-0.05, 0) is 82.7 Å². The Morgan fingerprint density at radius 2 is 1.76 bits per heavy atom. The third-order valence-corrected chi connectivity index (χ3v) is 9.57. The number of ether oxygens (including phenoxy) is 5. The van der Waals surface area contributed by atoms with Gasteiger partial charge in [0.05, 0.1) is 18.8 Å². The molecule has 5 rings (SSSR count). The number of benzene rings is 1. The lowest BCUT2D eigenvalue weighted by atomic mass is 9.60. The molecule has 5 nitrogen and oxygen atoms in total. The van der Waals surface area contributed by atoms with E-state index in [9.17, 15) is 0 Å². The monoisotopic (exact) mass is 470 g/mol. The first-order valence-corrected chi connectivity index (χ1v) is 12.9. The summed E-state index contributed by atoms with van der Waals surface area (Å²) in [5.41, 5.74) is 1.53. The molecular formula is C29H42O5. The number of hydrogen-bond donors (Lipinski definition) is 0. The predicted octanol–water partition coefficient (Wildman–Crippen LogP) is 6.50. The van der Waals surface area contributed by atoms with E-state index in [4.69, 9.17) is 23.7 Å². The van der Waals surface area contributed by atoms with Crippen molar-refractivity contribution in [3.8, 4) is 11.5 Å². The van der Waals surface area contributed by atoms with Crippen LogP contribution in [0.5, 0.6) is 11.5 Å². The summed E-state index contributed by atoms with van der Waals surface area (Å²) in [6, 6.07) is 4.16. The fourth-order valence-electron chi connectivity index (χ4n) is 7.26.